The van der Waals surface area contributed by atoms with Gasteiger partial charge in [-0.25, -0.2) is 22.5 Å². The Kier molecular flexibility index (Phi) is 4.30. The molecule has 1 fully saturated rings. The number of aromatic amines is 1. The van der Waals surface area contributed by atoms with E-state index in [9.17, 15) is 12.8 Å². The lowest BCUT2D eigenvalue weighted by atomic mass is 10.1. The number of aromatic nitrogens is 5. The lowest BCUT2D eigenvalue weighted by molar-refractivity contribution is 0.533. The highest BCUT2D eigenvalue weighted by molar-refractivity contribution is 7.89. The first-order chi connectivity index (χ1) is 13.9. The minimum atomic E-state index is -3.99. The molecule has 1 saturated carbocycles. The molecule has 0 aliphatic heterocycles. The van der Waals surface area contributed by atoms with Crippen molar-refractivity contribution in [2.75, 3.05) is 0 Å². The van der Waals surface area contributed by atoms with E-state index < -0.39 is 20.7 Å². The molecule has 0 amide bonds. The Hall–Kier alpha value is -2.56. The van der Waals surface area contributed by atoms with Crippen LogP contribution >= 0.6 is 11.6 Å². The molecule has 1 aromatic carbocycles. The Balaban J connectivity index is 1.41. The third-order valence-electron chi connectivity index (χ3n) is 5.27. The van der Waals surface area contributed by atoms with Crippen LogP contribution in [-0.2, 0) is 10.0 Å². The zero-order valence-electron chi connectivity index (χ0n) is 15.0. The summed E-state index contributed by atoms with van der Waals surface area (Å²) in [5.74, 6) is -0.0787. The molecule has 8 nitrogen and oxygen atoms in total. The molecule has 0 radical (unpaired) electrons. The van der Waals surface area contributed by atoms with Crippen LogP contribution in [0.15, 0.2) is 41.6 Å². The molecule has 0 unspecified atom stereocenters. The van der Waals surface area contributed by atoms with E-state index in [4.69, 9.17) is 11.6 Å². The van der Waals surface area contributed by atoms with Gasteiger partial charge in [-0.2, -0.15) is 0 Å². The second-order valence-electron chi connectivity index (χ2n) is 7.12. The Morgan fingerprint density at radius 2 is 2.10 bits per heavy atom. The number of nitrogens with one attached hydrogen (secondary N) is 2. The standard InChI is InChI=1S/C18H16ClFN6O2S/c19-11-2-4-15(13(20)8-11)29(27,28)25-12-3-1-10(7-12)18-24-23-16-9-22-17-14(26(16)18)5-6-21-17/h2,4-6,8-10,12,21,25H,1,3,7H2/t10-,12+/m1/s1. The molecule has 4 aromatic rings. The average Bonchev–Trinajstić information content (AvgIpc) is 3.38. The van der Waals surface area contributed by atoms with Crippen molar-refractivity contribution in [2.45, 2.75) is 36.1 Å². The summed E-state index contributed by atoms with van der Waals surface area (Å²) in [6.07, 6.45) is 5.35. The van der Waals surface area contributed by atoms with Crippen LogP contribution in [0.1, 0.15) is 31.0 Å². The zero-order chi connectivity index (χ0) is 20.2. The van der Waals surface area contributed by atoms with Crippen LogP contribution in [-0.4, -0.2) is 39.0 Å². The fourth-order valence-electron chi connectivity index (χ4n) is 3.96. The summed E-state index contributed by atoms with van der Waals surface area (Å²) in [6.45, 7) is 0. The van der Waals surface area contributed by atoms with Crippen molar-refractivity contribution in [3.05, 3.63) is 53.3 Å². The molecule has 2 N–H and O–H groups in total. The molecule has 0 bridgehead atoms. The second kappa shape index (κ2) is 6.75. The van der Waals surface area contributed by atoms with Crippen LogP contribution in [0.5, 0.6) is 0 Å². The molecule has 1 aliphatic carbocycles. The van der Waals surface area contributed by atoms with Gasteiger partial charge in [0, 0.05) is 23.2 Å². The van der Waals surface area contributed by atoms with E-state index in [1.165, 1.54) is 12.1 Å². The lowest BCUT2D eigenvalue weighted by Gasteiger charge is -2.14. The van der Waals surface area contributed by atoms with Gasteiger partial charge in [-0.1, -0.05) is 11.6 Å². The minimum Gasteiger partial charge on any atom is -0.345 e. The van der Waals surface area contributed by atoms with Crippen molar-refractivity contribution in [1.82, 2.24) is 29.3 Å². The Morgan fingerprint density at radius 1 is 1.24 bits per heavy atom. The fourth-order valence-corrected chi connectivity index (χ4v) is 5.46. The Morgan fingerprint density at radius 3 is 2.93 bits per heavy atom. The Labute approximate surface area is 170 Å². The monoisotopic (exact) mass is 434 g/mol. The van der Waals surface area contributed by atoms with Crippen molar-refractivity contribution in [2.24, 2.45) is 0 Å². The molecule has 2 atom stereocenters. The molecule has 29 heavy (non-hydrogen) atoms. The van der Waals surface area contributed by atoms with Crippen molar-refractivity contribution in [3.8, 4) is 0 Å². The van der Waals surface area contributed by atoms with Crippen LogP contribution in [0.3, 0.4) is 0 Å². The highest BCUT2D eigenvalue weighted by Gasteiger charge is 2.33. The van der Waals surface area contributed by atoms with Gasteiger partial charge in [-0.15, -0.1) is 10.2 Å². The summed E-state index contributed by atoms with van der Waals surface area (Å²) in [7, 11) is -3.99. The van der Waals surface area contributed by atoms with Gasteiger partial charge >= 0.3 is 0 Å². The summed E-state index contributed by atoms with van der Waals surface area (Å²) >= 11 is 5.72. The number of halogens is 2. The van der Waals surface area contributed by atoms with Crippen LogP contribution in [0, 0.1) is 5.82 Å². The Bertz CT molecular complexity index is 1330. The zero-order valence-corrected chi connectivity index (χ0v) is 16.6. The highest BCUT2D eigenvalue weighted by atomic mass is 35.5. The summed E-state index contributed by atoms with van der Waals surface area (Å²) in [5.41, 5.74) is 2.24. The molecular weight excluding hydrogens is 419 g/mol. The van der Waals surface area contributed by atoms with Gasteiger partial charge in [0.05, 0.1) is 11.7 Å². The number of sulfonamides is 1. The normalized spacial score (nSPS) is 20.1. The number of hydrogen-bond acceptors (Lipinski definition) is 5. The molecule has 0 saturated heterocycles. The van der Waals surface area contributed by atoms with Crippen molar-refractivity contribution < 1.29 is 12.8 Å². The minimum absolute atomic E-state index is 0.0215. The van der Waals surface area contributed by atoms with Crippen LogP contribution in [0.2, 0.25) is 5.02 Å². The topological polar surface area (TPSA) is 105 Å². The third-order valence-corrected chi connectivity index (χ3v) is 7.06. The van der Waals surface area contributed by atoms with Crippen molar-refractivity contribution in [1.29, 1.82) is 0 Å². The molecule has 5 rings (SSSR count). The maximum Gasteiger partial charge on any atom is 0.243 e. The number of rotatable bonds is 4. The molecule has 150 valence electrons. The molecule has 0 spiro atoms. The first-order valence-electron chi connectivity index (χ1n) is 9.07. The second-order valence-corrected chi connectivity index (χ2v) is 9.24. The van der Waals surface area contributed by atoms with Crippen LogP contribution < -0.4 is 4.72 Å². The van der Waals surface area contributed by atoms with Gasteiger partial charge in [0.25, 0.3) is 0 Å². The van der Waals surface area contributed by atoms with E-state index in [1.807, 2.05) is 10.5 Å². The van der Waals surface area contributed by atoms with Gasteiger partial charge in [-0.3, -0.25) is 4.40 Å². The summed E-state index contributed by atoms with van der Waals surface area (Å²) in [5, 5.41) is 8.67. The van der Waals surface area contributed by atoms with Crippen LogP contribution in [0.4, 0.5) is 4.39 Å². The van der Waals surface area contributed by atoms with Crippen molar-refractivity contribution >= 4 is 38.4 Å². The van der Waals surface area contributed by atoms with E-state index in [0.29, 0.717) is 18.5 Å². The molecule has 3 heterocycles. The number of fused-ring (bicyclic) bond motifs is 3. The van der Waals surface area contributed by atoms with Gasteiger partial charge in [0.1, 0.15) is 16.5 Å². The number of nitrogens with zero attached hydrogens (tertiary/aromatic N) is 4. The maximum absolute atomic E-state index is 14.1. The average molecular weight is 435 g/mol. The van der Waals surface area contributed by atoms with Gasteiger partial charge in [0.2, 0.25) is 10.0 Å². The summed E-state index contributed by atoms with van der Waals surface area (Å²) in [4.78, 5) is 6.96. The summed E-state index contributed by atoms with van der Waals surface area (Å²) < 4.78 is 43.9. The number of hydrogen-bond donors (Lipinski definition) is 2. The van der Waals surface area contributed by atoms with E-state index in [0.717, 1.165) is 29.5 Å². The predicted octanol–water partition coefficient (Wildman–Crippen LogP) is 3.01. The predicted molar refractivity (Wildman–Crippen MR) is 105 cm³/mol. The molecule has 11 heteroatoms. The smallest absolute Gasteiger partial charge is 0.243 e. The largest absolute Gasteiger partial charge is 0.345 e. The van der Waals surface area contributed by atoms with E-state index >= 15 is 0 Å². The quantitative estimate of drug-likeness (QED) is 0.513. The van der Waals surface area contributed by atoms with Crippen molar-refractivity contribution in [3.63, 3.8) is 0 Å². The van der Waals surface area contributed by atoms with Crippen LogP contribution in [0.25, 0.3) is 16.8 Å². The first-order valence-corrected chi connectivity index (χ1v) is 10.9. The SMILES string of the molecule is O=S(=O)(N[C@H]1CC[C@@H](c2nnc3cnc4[nH]ccc4n23)C1)c1ccc(Cl)cc1F. The molecule has 3 aromatic heterocycles. The lowest BCUT2D eigenvalue weighted by Crippen LogP contribution is -2.33. The number of H-pyrrole nitrogens is 1. The first kappa shape index (κ1) is 18.5. The molecular formula is C18H16ClFN6O2S. The van der Waals surface area contributed by atoms with Gasteiger partial charge < -0.3 is 4.98 Å². The van der Waals surface area contributed by atoms with E-state index in [2.05, 4.69) is 24.9 Å². The van der Waals surface area contributed by atoms with Gasteiger partial charge in [0.15, 0.2) is 11.3 Å². The maximum atomic E-state index is 14.1. The summed E-state index contributed by atoms with van der Waals surface area (Å²) in [6, 6.07) is 5.10. The number of benzene rings is 1. The third kappa shape index (κ3) is 3.17. The molecule has 1 aliphatic rings. The van der Waals surface area contributed by atoms with E-state index in [-0.39, 0.29) is 17.0 Å². The van der Waals surface area contributed by atoms with Gasteiger partial charge in [-0.05, 0) is 43.5 Å². The fraction of sp³-hybridized carbons (Fsp3) is 0.278. The van der Waals surface area contributed by atoms with E-state index in [1.54, 1.807) is 12.4 Å². The highest BCUT2D eigenvalue weighted by Crippen LogP contribution is 2.35.